The monoisotopic (exact) mass is 584 g/mol. The molecule has 0 saturated heterocycles. The SMILES string of the molecule is CCCCCCOc1ccc(C(=O)SCCC(F)(F)C(F)(F)C(F)(F)C(F)(F)C(F)(F)C(F)(F)F)cc1. The van der Waals surface area contributed by atoms with Gasteiger partial charge in [0.1, 0.15) is 5.75 Å². The van der Waals surface area contributed by atoms with E-state index in [0.29, 0.717) is 12.4 Å². The van der Waals surface area contributed by atoms with E-state index in [2.05, 4.69) is 0 Å². The van der Waals surface area contributed by atoms with Gasteiger partial charge in [0.05, 0.1) is 6.61 Å². The summed E-state index contributed by atoms with van der Waals surface area (Å²) in [6.45, 7) is 2.37. The zero-order chi connectivity index (χ0) is 28.9. The van der Waals surface area contributed by atoms with Crippen molar-refractivity contribution in [2.75, 3.05) is 12.4 Å². The van der Waals surface area contributed by atoms with Gasteiger partial charge in [-0.1, -0.05) is 37.9 Å². The molecule has 0 unspecified atom stereocenters. The topological polar surface area (TPSA) is 26.3 Å². The first kappa shape index (κ1) is 33.2. The van der Waals surface area contributed by atoms with Crippen LogP contribution in [0.1, 0.15) is 49.4 Å². The largest absolute Gasteiger partial charge is 0.494 e. The maximum absolute atomic E-state index is 13.8. The molecule has 0 aliphatic carbocycles. The zero-order valence-corrected chi connectivity index (χ0v) is 19.7. The molecule has 1 aromatic rings. The number of rotatable bonds is 14. The highest BCUT2D eigenvalue weighted by molar-refractivity contribution is 8.14. The lowest BCUT2D eigenvalue weighted by Crippen LogP contribution is -2.70. The molecule has 0 aliphatic rings. The second-order valence-corrected chi connectivity index (χ2v) is 8.89. The average molecular weight is 584 g/mol. The van der Waals surface area contributed by atoms with Gasteiger partial charge in [0.25, 0.3) is 0 Å². The summed E-state index contributed by atoms with van der Waals surface area (Å²) >= 11 is -0.120. The first-order chi connectivity index (χ1) is 16.7. The van der Waals surface area contributed by atoms with Crippen LogP contribution in [-0.2, 0) is 0 Å². The van der Waals surface area contributed by atoms with Gasteiger partial charge < -0.3 is 4.74 Å². The van der Waals surface area contributed by atoms with Gasteiger partial charge in [0.2, 0.25) is 5.12 Å². The Labute approximate surface area is 206 Å². The van der Waals surface area contributed by atoms with Gasteiger partial charge in [0, 0.05) is 17.7 Å². The van der Waals surface area contributed by atoms with Crippen molar-refractivity contribution in [3.05, 3.63) is 29.8 Å². The highest BCUT2D eigenvalue weighted by atomic mass is 32.2. The molecule has 0 N–H and O–H groups in total. The van der Waals surface area contributed by atoms with Crippen molar-refractivity contribution in [2.45, 2.75) is 74.8 Å². The van der Waals surface area contributed by atoms with Crippen LogP contribution in [0.3, 0.4) is 0 Å². The van der Waals surface area contributed by atoms with Gasteiger partial charge in [-0.3, -0.25) is 4.79 Å². The minimum atomic E-state index is -7.94. The number of alkyl halides is 13. The van der Waals surface area contributed by atoms with Gasteiger partial charge >= 0.3 is 35.8 Å². The first-order valence-corrected chi connectivity index (χ1v) is 11.5. The third-order valence-electron chi connectivity index (χ3n) is 5.00. The summed E-state index contributed by atoms with van der Waals surface area (Å²) in [5.41, 5.74) is -0.167. The molecule has 0 saturated carbocycles. The summed E-state index contributed by atoms with van der Waals surface area (Å²) in [5.74, 6) is -38.1. The number of thioether (sulfide) groups is 1. The molecular formula is C21H21F13O2S. The lowest BCUT2D eigenvalue weighted by Gasteiger charge is -2.39. The summed E-state index contributed by atoms with van der Waals surface area (Å²) in [4.78, 5) is 12.0. The molecular weight excluding hydrogens is 563 g/mol. The van der Waals surface area contributed by atoms with Crippen molar-refractivity contribution in [3.8, 4) is 5.75 Å². The summed E-state index contributed by atoms with van der Waals surface area (Å²) in [6, 6.07) is 4.97. The van der Waals surface area contributed by atoms with E-state index in [9.17, 15) is 61.9 Å². The van der Waals surface area contributed by atoms with E-state index in [1.807, 2.05) is 6.92 Å². The van der Waals surface area contributed by atoms with Crippen molar-refractivity contribution in [1.82, 2.24) is 0 Å². The quantitative estimate of drug-likeness (QED) is 0.162. The van der Waals surface area contributed by atoms with Crippen molar-refractivity contribution in [1.29, 1.82) is 0 Å². The van der Waals surface area contributed by atoms with Crippen LogP contribution < -0.4 is 4.74 Å². The summed E-state index contributed by atoms with van der Waals surface area (Å²) in [6.07, 6.45) is -6.22. The van der Waals surface area contributed by atoms with Crippen LogP contribution in [0, 0.1) is 0 Å². The Bertz CT molecular complexity index is 883. The summed E-state index contributed by atoms with van der Waals surface area (Å²) in [7, 11) is 0. The molecule has 0 aromatic heterocycles. The van der Waals surface area contributed by atoms with Crippen LogP contribution >= 0.6 is 11.8 Å². The van der Waals surface area contributed by atoms with Gasteiger partial charge in [-0.15, -0.1) is 0 Å². The molecule has 0 atom stereocenters. The lowest BCUT2D eigenvalue weighted by molar-refractivity contribution is -0.439. The number of halogens is 13. The number of ether oxygens (including phenoxy) is 1. The molecule has 1 aromatic carbocycles. The second kappa shape index (κ2) is 11.9. The van der Waals surface area contributed by atoms with Crippen LogP contribution in [0.25, 0.3) is 0 Å². The maximum Gasteiger partial charge on any atom is 0.460 e. The number of carbonyl (C=O) groups is 1. The molecule has 0 spiro atoms. The van der Waals surface area contributed by atoms with Crippen molar-refractivity contribution < 1.29 is 66.6 Å². The van der Waals surface area contributed by atoms with Crippen molar-refractivity contribution in [2.24, 2.45) is 0 Å². The maximum atomic E-state index is 13.8. The van der Waals surface area contributed by atoms with Crippen LogP contribution in [-0.4, -0.2) is 53.3 Å². The van der Waals surface area contributed by atoms with Crippen molar-refractivity contribution in [3.63, 3.8) is 0 Å². The first-order valence-electron chi connectivity index (χ1n) is 10.5. The molecule has 0 amide bonds. The van der Waals surface area contributed by atoms with E-state index in [1.165, 1.54) is 12.1 Å². The minimum absolute atomic E-state index is 0.120. The second-order valence-electron chi connectivity index (χ2n) is 7.82. The van der Waals surface area contributed by atoms with E-state index in [0.717, 1.165) is 37.8 Å². The van der Waals surface area contributed by atoms with Crippen LogP contribution in [0.4, 0.5) is 57.1 Å². The normalized spacial score (nSPS) is 14.1. The Morgan fingerprint density at radius 3 is 1.73 bits per heavy atom. The number of carbonyl (C=O) groups excluding carboxylic acids is 1. The number of hydrogen-bond donors (Lipinski definition) is 0. The fourth-order valence-electron chi connectivity index (χ4n) is 2.72. The highest BCUT2D eigenvalue weighted by Gasteiger charge is 2.90. The fourth-order valence-corrected chi connectivity index (χ4v) is 3.57. The van der Waals surface area contributed by atoms with Crippen LogP contribution in [0.15, 0.2) is 24.3 Å². The molecule has 0 fully saturated rings. The zero-order valence-electron chi connectivity index (χ0n) is 18.9. The third kappa shape index (κ3) is 6.96. The molecule has 0 radical (unpaired) electrons. The Kier molecular flexibility index (Phi) is 10.7. The molecule has 16 heteroatoms. The summed E-state index contributed by atoms with van der Waals surface area (Å²) < 4.78 is 176. The number of benzene rings is 1. The predicted molar refractivity (Wildman–Crippen MR) is 108 cm³/mol. The smallest absolute Gasteiger partial charge is 0.460 e. The van der Waals surface area contributed by atoms with Gasteiger partial charge in [0.15, 0.2) is 0 Å². The van der Waals surface area contributed by atoms with Gasteiger partial charge in [-0.2, -0.15) is 57.1 Å². The lowest BCUT2D eigenvalue weighted by atomic mass is 9.93. The van der Waals surface area contributed by atoms with E-state index in [-0.39, 0.29) is 17.3 Å². The Morgan fingerprint density at radius 1 is 0.730 bits per heavy atom. The molecule has 0 heterocycles. The molecule has 214 valence electrons. The van der Waals surface area contributed by atoms with Crippen LogP contribution in [0.5, 0.6) is 5.75 Å². The molecule has 2 nitrogen and oxygen atoms in total. The number of hydrogen-bond acceptors (Lipinski definition) is 3. The Morgan fingerprint density at radius 2 is 1.24 bits per heavy atom. The van der Waals surface area contributed by atoms with Crippen molar-refractivity contribution >= 4 is 16.9 Å². The standard InChI is InChI=1S/C21H21F13O2S/c1-2-3-4-5-11-36-14-8-6-13(7-9-14)15(35)37-12-10-16(22,23)17(24,25)18(26,27)19(28,29)20(30,31)21(32,33)34/h6-9H,2-5,10-12H2,1H3. The molecule has 37 heavy (non-hydrogen) atoms. The highest BCUT2D eigenvalue weighted by Crippen LogP contribution is 2.60. The predicted octanol–water partition coefficient (Wildman–Crippen LogP) is 8.65. The molecule has 0 bridgehead atoms. The van der Waals surface area contributed by atoms with Gasteiger partial charge in [-0.05, 0) is 30.7 Å². The Hall–Kier alpha value is -1.87. The summed E-state index contributed by atoms with van der Waals surface area (Å²) in [5, 5.41) is -1.03. The van der Waals surface area contributed by atoms with E-state index >= 15 is 0 Å². The Balaban J connectivity index is 2.84. The number of unbranched alkanes of at least 4 members (excludes halogenated alkanes) is 3. The average Bonchev–Trinajstić information content (AvgIpc) is 2.77. The molecule has 1 rings (SSSR count). The van der Waals surface area contributed by atoms with E-state index in [4.69, 9.17) is 4.74 Å². The van der Waals surface area contributed by atoms with Gasteiger partial charge in [-0.25, -0.2) is 0 Å². The molecule has 0 aliphatic heterocycles. The fraction of sp³-hybridized carbons (Fsp3) is 0.667. The van der Waals surface area contributed by atoms with E-state index < -0.39 is 53.1 Å². The minimum Gasteiger partial charge on any atom is -0.494 e. The van der Waals surface area contributed by atoms with Crippen LogP contribution in [0.2, 0.25) is 0 Å². The third-order valence-corrected chi connectivity index (χ3v) is 5.91. The van der Waals surface area contributed by atoms with E-state index in [1.54, 1.807) is 0 Å².